The highest BCUT2D eigenvalue weighted by atomic mass is 16.4. The largest absolute Gasteiger partial charge is 0.481 e. The maximum Gasteiger partial charge on any atom is 0.303 e. The highest BCUT2D eigenvalue weighted by Gasteiger charge is 2.22. The van der Waals surface area contributed by atoms with Crippen molar-refractivity contribution in [2.24, 2.45) is 11.8 Å². The average molecular weight is 291 g/mol. The summed E-state index contributed by atoms with van der Waals surface area (Å²) in [4.78, 5) is 22.7. The zero-order chi connectivity index (χ0) is 15.7. The number of hydrogen-bond donors (Lipinski definition) is 2. The van der Waals surface area contributed by atoms with Crippen LogP contribution in [0.3, 0.4) is 0 Å². The molecule has 0 saturated heterocycles. The van der Waals surface area contributed by atoms with Crippen molar-refractivity contribution in [3.63, 3.8) is 0 Å². The molecule has 0 bridgehead atoms. The molecule has 1 aromatic carbocycles. The molecule has 0 aliphatic rings. The van der Waals surface area contributed by atoms with Gasteiger partial charge in [0.2, 0.25) is 5.91 Å². The maximum absolute atomic E-state index is 12.3. The summed E-state index contributed by atoms with van der Waals surface area (Å²) in [6.45, 7) is 4.65. The van der Waals surface area contributed by atoms with Gasteiger partial charge in [-0.2, -0.15) is 0 Å². The van der Waals surface area contributed by atoms with Gasteiger partial charge in [-0.25, -0.2) is 0 Å². The molecule has 1 atom stereocenters. The second-order valence-corrected chi connectivity index (χ2v) is 5.68. The Balaban J connectivity index is 2.41. The zero-order valence-corrected chi connectivity index (χ0v) is 12.8. The maximum atomic E-state index is 12.3. The molecule has 4 heteroatoms. The third-order valence-corrected chi connectivity index (χ3v) is 3.56. The molecule has 0 saturated carbocycles. The number of amides is 1. The van der Waals surface area contributed by atoms with Gasteiger partial charge in [0.1, 0.15) is 0 Å². The molecule has 21 heavy (non-hydrogen) atoms. The lowest BCUT2D eigenvalue weighted by molar-refractivity contribution is -0.137. The van der Waals surface area contributed by atoms with E-state index in [9.17, 15) is 9.59 Å². The van der Waals surface area contributed by atoms with Crippen molar-refractivity contribution >= 4 is 11.9 Å². The fourth-order valence-corrected chi connectivity index (χ4v) is 2.24. The van der Waals surface area contributed by atoms with E-state index in [1.54, 1.807) is 0 Å². The summed E-state index contributed by atoms with van der Waals surface area (Å²) < 4.78 is 0. The normalized spacial score (nSPS) is 12.1. The van der Waals surface area contributed by atoms with Crippen molar-refractivity contribution in [3.05, 3.63) is 35.9 Å². The molecular weight excluding hydrogens is 266 g/mol. The predicted molar refractivity (Wildman–Crippen MR) is 83.0 cm³/mol. The first-order valence-electron chi connectivity index (χ1n) is 7.54. The molecule has 116 valence electrons. The minimum Gasteiger partial charge on any atom is -0.481 e. The Morgan fingerprint density at radius 2 is 1.81 bits per heavy atom. The van der Waals surface area contributed by atoms with E-state index in [0.717, 1.165) is 12.0 Å². The van der Waals surface area contributed by atoms with Gasteiger partial charge >= 0.3 is 5.97 Å². The van der Waals surface area contributed by atoms with E-state index in [0.29, 0.717) is 19.4 Å². The molecule has 0 aromatic heterocycles. The Morgan fingerprint density at radius 1 is 1.14 bits per heavy atom. The van der Waals surface area contributed by atoms with Crippen LogP contribution >= 0.6 is 0 Å². The molecule has 1 amide bonds. The summed E-state index contributed by atoms with van der Waals surface area (Å²) in [5, 5.41) is 11.5. The van der Waals surface area contributed by atoms with Crippen molar-refractivity contribution in [1.29, 1.82) is 0 Å². The summed E-state index contributed by atoms with van der Waals surface area (Å²) in [5.41, 5.74) is 1.16. The van der Waals surface area contributed by atoms with Crippen LogP contribution in [-0.2, 0) is 16.0 Å². The van der Waals surface area contributed by atoms with Crippen molar-refractivity contribution in [2.45, 2.75) is 39.5 Å². The topological polar surface area (TPSA) is 66.4 Å². The van der Waals surface area contributed by atoms with Gasteiger partial charge in [0.05, 0.1) is 0 Å². The number of rotatable bonds is 9. The van der Waals surface area contributed by atoms with E-state index in [-0.39, 0.29) is 24.2 Å². The summed E-state index contributed by atoms with van der Waals surface area (Å²) in [7, 11) is 0. The van der Waals surface area contributed by atoms with E-state index >= 15 is 0 Å². The Bertz CT molecular complexity index is 443. The molecule has 1 unspecified atom stereocenters. The van der Waals surface area contributed by atoms with Gasteiger partial charge in [-0.15, -0.1) is 0 Å². The third kappa shape index (κ3) is 6.93. The number of carbonyl (C=O) groups excluding carboxylic acids is 1. The van der Waals surface area contributed by atoms with Crippen LogP contribution in [0.4, 0.5) is 0 Å². The van der Waals surface area contributed by atoms with E-state index in [1.807, 2.05) is 30.3 Å². The predicted octanol–water partition coefficient (Wildman–Crippen LogP) is 2.87. The fourth-order valence-electron chi connectivity index (χ4n) is 2.24. The molecule has 1 rings (SSSR count). The van der Waals surface area contributed by atoms with E-state index in [4.69, 9.17) is 5.11 Å². The smallest absolute Gasteiger partial charge is 0.303 e. The number of carbonyl (C=O) groups is 2. The minimum absolute atomic E-state index is 0.0492. The van der Waals surface area contributed by atoms with Gasteiger partial charge in [0.15, 0.2) is 0 Å². The van der Waals surface area contributed by atoms with Gasteiger partial charge < -0.3 is 10.4 Å². The number of aliphatic carboxylic acids is 1. The first-order chi connectivity index (χ1) is 10.0. The molecule has 0 aliphatic carbocycles. The van der Waals surface area contributed by atoms with Crippen LogP contribution in [0.15, 0.2) is 30.3 Å². The molecule has 2 N–H and O–H groups in total. The van der Waals surface area contributed by atoms with Crippen LogP contribution in [0.5, 0.6) is 0 Å². The average Bonchev–Trinajstić information content (AvgIpc) is 2.44. The van der Waals surface area contributed by atoms with Crippen LogP contribution in [0, 0.1) is 11.8 Å². The van der Waals surface area contributed by atoms with Gasteiger partial charge in [-0.3, -0.25) is 9.59 Å². The lowest BCUT2D eigenvalue weighted by atomic mass is 9.88. The molecule has 0 heterocycles. The standard InChI is InChI=1S/C17H25NO3/c1-13(2)15(12-14-8-4-3-5-9-14)17(21)18-11-7-6-10-16(19)20/h3-5,8-9,13,15H,6-7,10-12H2,1-2H3,(H,18,21)(H,19,20). The summed E-state index contributed by atoms with van der Waals surface area (Å²) in [6.07, 6.45) is 2.20. The van der Waals surface area contributed by atoms with E-state index < -0.39 is 5.97 Å². The van der Waals surface area contributed by atoms with Crippen LogP contribution in [-0.4, -0.2) is 23.5 Å². The second kappa shape index (κ2) is 9.16. The highest BCUT2D eigenvalue weighted by Crippen LogP contribution is 2.17. The van der Waals surface area contributed by atoms with Crippen molar-refractivity contribution in [3.8, 4) is 0 Å². The fraction of sp³-hybridized carbons (Fsp3) is 0.529. The Labute approximate surface area is 126 Å². The van der Waals surface area contributed by atoms with Crippen molar-refractivity contribution in [1.82, 2.24) is 5.32 Å². The highest BCUT2D eigenvalue weighted by molar-refractivity contribution is 5.79. The molecule has 0 aliphatic heterocycles. The summed E-state index contributed by atoms with van der Waals surface area (Å²) in [6, 6.07) is 10.0. The first-order valence-corrected chi connectivity index (χ1v) is 7.54. The number of benzene rings is 1. The van der Waals surface area contributed by atoms with Crippen molar-refractivity contribution < 1.29 is 14.7 Å². The number of carboxylic acids is 1. The Morgan fingerprint density at radius 3 is 2.38 bits per heavy atom. The van der Waals surface area contributed by atoms with E-state index in [2.05, 4.69) is 19.2 Å². The van der Waals surface area contributed by atoms with Gasteiger partial charge in [0.25, 0.3) is 0 Å². The van der Waals surface area contributed by atoms with Crippen LogP contribution in [0.2, 0.25) is 0 Å². The van der Waals surface area contributed by atoms with Crippen LogP contribution in [0.25, 0.3) is 0 Å². The number of hydrogen-bond acceptors (Lipinski definition) is 2. The lowest BCUT2D eigenvalue weighted by Gasteiger charge is -2.20. The van der Waals surface area contributed by atoms with Gasteiger partial charge in [0, 0.05) is 18.9 Å². The summed E-state index contributed by atoms with van der Waals surface area (Å²) in [5.74, 6) is -0.509. The molecule has 0 spiro atoms. The molecular formula is C17H25NO3. The second-order valence-electron chi connectivity index (χ2n) is 5.68. The third-order valence-electron chi connectivity index (χ3n) is 3.56. The van der Waals surface area contributed by atoms with E-state index in [1.165, 1.54) is 0 Å². The molecule has 1 aromatic rings. The first kappa shape index (κ1) is 17.2. The Hall–Kier alpha value is -1.84. The number of unbranched alkanes of at least 4 members (excludes halogenated alkanes) is 1. The van der Waals surface area contributed by atoms with Crippen LogP contribution < -0.4 is 5.32 Å². The Kier molecular flexibility index (Phi) is 7.51. The van der Waals surface area contributed by atoms with Crippen LogP contribution in [0.1, 0.15) is 38.7 Å². The SMILES string of the molecule is CC(C)C(Cc1ccccc1)C(=O)NCCCCC(=O)O. The monoisotopic (exact) mass is 291 g/mol. The van der Waals surface area contributed by atoms with Gasteiger partial charge in [-0.1, -0.05) is 44.2 Å². The molecule has 4 nitrogen and oxygen atoms in total. The van der Waals surface area contributed by atoms with Crippen molar-refractivity contribution in [2.75, 3.05) is 6.54 Å². The number of nitrogens with one attached hydrogen (secondary N) is 1. The zero-order valence-electron chi connectivity index (χ0n) is 12.8. The van der Waals surface area contributed by atoms with Gasteiger partial charge in [-0.05, 0) is 30.7 Å². The minimum atomic E-state index is -0.787. The molecule has 0 fully saturated rings. The molecule has 0 radical (unpaired) electrons. The quantitative estimate of drug-likeness (QED) is 0.687. The lowest BCUT2D eigenvalue weighted by Crippen LogP contribution is -2.35. The number of carboxylic acid groups (broad SMARTS) is 1. The summed E-state index contributed by atoms with van der Waals surface area (Å²) >= 11 is 0.